The molecule has 10 heteroatoms. The van der Waals surface area contributed by atoms with E-state index in [4.69, 9.17) is 9.26 Å². The number of aromatic nitrogens is 1. The zero-order valence-corrected chi connectivity index (χ0v) is 15.8. The molecule has 0 saturated carbocycles. The van der Waals surface area contributed by atoms with Crippen molar-refractivity contribution >= 4 is 15.9 Å². The lowest BCUT2D eigenvalue weighted by molar-refractivity contribution is -0.137. The van der Waals surface area contributed by atoms with Gasteiger partial charge in [0.1, 0.15) is 22.5 Å². The van der Waals surface area contributed by atoms with Crippen molar-refractivity contribution in [3.05, 3.63) is 47.1 Å². The number of hydrogen-bond donors (Lipinski definition) is 1. The Hall–Kier alpha value is -2.30. The summed E-state index contributed by atoms with van der Waals surface area (Å²) in [4.78, 5) is 13.8. The molecule has 2 aromatic rings. The number of benzene rings is 1. The maximum Gasteiger partial charge on any atom is 0.246 e. The summed E-state index contributed by atoms with van der Waals surface area (Å²) in [5.41, 5.74) is 0.588. The van der Waals surface area contributed by atoms with Crippen LogP contribution in [0.1, 0.15) is 23.1 Å². The number of amides is 1. The van der Waals surface area contributed by atoms with E-state index in [1.807, 2.05) is 0 Å². The first-order chi connectivity index (χ1) is 12.8. The first-order valence-corrected chi connectivity index (χ1v) is 9.84. The third-order valence-corrected chi connectivity index (χ3v) is 5.97. The van der Waals surface area contributed by atoms with Gasteiger partial charge in [-0.25, -0.2) is 17.5 Å². The second-order valence-corrected chi connectivity index (χ2v) is 7.90. The highest BCUT2D eigenvalue weighted by Gasteiger charge is 2.29. The summed E-state index contributed by atoms with van der Waals surface area (Å²) < 4.78 is 51.4. The first kappa shape index (κ1) is 19.5. The molecular weight excluding hydrogens is 377 g/mol. The zero-order chi connectivity index (χ0) is 19.6. The van der Waals surface area contributed by atoms with Gasteiger partial charge in [0.05, 0.1) is 19.7 Å². The molecule has 3 rings (SSSR count). The van der Waals surface area contributed by atoms with E-state index in [0.29, 0.717) is 12.1 Å². The van der Waals surface area contributed by atoms with Gasteiger partial charge in [0, 0.05) is 12.1 Å². The van der Waals surface area contributed by atoms with Crippen LogP contribution in [0.25, 0.3) is 0 Å². The third-order valence-electron chi connectivity index (χ3n) is 4.32. The van der Waals surface area contributed by atoms with E-state index in [2.05, 4.69) is 9.88 Å². The molecule has 1 aliphatic heterocycles. The average molecular weight is 397 g/mol. The Morgan fingerprint density at radius 3 is 2.78 bits per heavy atom. The van der Waals surface area contributed by atoms with Gasteiger partial charge in [-0.2, -0.15) is 0 Å². The molecule has 0 aliphatic carbocycles. The predicted molar refractivity (Wildman–Crippen MR) is 92.8 cm³/mol. The van der Waals surface area contributed by atoms with Gasteiger partial charge in [-0.05, 0) is 19.9 Å². The van der Waals surface area contributed by atoms with Crippen molar-refractivity contribution in [1.29, 1.82) is 0 Å². The summed E-state index contributed by atoms with van der Waals surface area (Å²) in [7, 11) is -3.93. The highest BCUT2D eigenvalue weighted by atomic mass is 32.2. The van der Waals surface area contributed by atoms with Crippen molar-refractivity contribution < 1.29 is 26.9 Å². The van der Waals surface area contributed by atoms with Gasteiger partial charge in [0.15, 0.2) is 5.76 Å². The summed E-state index contributed by atoms with van der Waals surface area (Å²) in [5.74, 6) is -0.677. The van der Waals surface area contributed by atoms with Crippen LogP contribution in [0.5, 0.6) is 0 Å². The number of aryl methyl sites for hydroxylation is 2. The van der Waals surface area contributed by atoms with Crippen LogP contribution in [-0.2, 0) is 19.6 Å². The standard InChI is InChI=1S/C17H20FN3O5S/c1-11-17(12(2)26-20-11)27(23,24)19-9-16(22)21-7-8-25-15(10-21)13-5-3-4-6-14(13)18/h3-6,15,19H,7-10H2,1-2H3. The van der Waals surface area contributed by atoms with E-state index in [1.165, 1.54) is 24.8 Å². The van der Waals surface area contributed by atoms with Gasteiger partial charge < -0.3 is 14.2 Å². The van der Waals surface area contributed by atoms with E-state index in [1.54, 1.807) is 18.2 Å². The quantitative estimate of drug-likeness (QED) is 0.816. The lowest BCUT2D eigenvalue weighted by Crippen LogP contribution is -2.46. The molecule has 1 amide bonds. The van der Waals surface area contributed by atoms with Crippen molar-refractivity contribution in [3.63, 3.8) is 0 Å². The minimum absolute atomic E-state index is 0.0680. The van der Waals surface area contributed by atoms with Gasteiger partial charge in [0.2, 0.25) is 15.9 Å². The number of nitrogens with zero attached hydrogens (tertiary/aromatic N) is 2. The minimum atomic E-state index is -3.93. The summed E-state index contributed by atoms with van der Waals surface area (Å²) in [6, 6.07) is 6.21. The van der Waals surface area contributed by atoms with Gasteiger partial charge in [-0.15, -0.1) is 0 Å². The van der Waals surface area contributed by atoms with E-state index in [0.717, 1.165) is 0 Å². The Kier molecular flexibility index (Phi) is 5.59. The van der Waals surface area contributed by atoms with E-state index >= 15 is 0 Å². The van der Waals surface area contributed by atoms with Crippen LogP contribution in [-0.4, -0.2) is 50.6 Å². The largest absolute Gasteiger partial charge is 0.370 e. The number of carbonyl (C=O) groups is 1. The fourth-order valence-corrected chi connectivity index (χ4v) is 4.30. The molecule has 0 radical (unpaired) electrons. The fourth-order valence-electron chi connectivity index (χ4n) is 3.00. The number of sulfonamides is 1. The predicted octanol–water partition coefficient (Wildman–Crippen LogP) is 1.31. The molecule has 1 saturated heterocycles. The lowest BCUT2D eigenvalue weighted by atomic mass is 10.1. The molecule has 1 fully saturated rings. The molecule has 1 aliphatic rings. The van der Waals surface area contributed by atoms with Crippen LogP contribution < -0.4 is 4.72 Å². The van der Waals surface area contributed by atoms with Gasteiger partial charge in [-0.1, -0.05) is 23.4 Å². The number of ether oxygens (including phenoxy) is 1. The normalized spacial score (nSPS) is 17.9. The van der Waals surface area contributed by atoms with Crippen LogP contribution >= 0.6 is 0 Å². The molecule has 1 aromatic carbocycles. The molecule has 27 heavy (non-hydrogen) atoms. The maximum atomic E-state index is 13.9. The van der Waals surface area contributed by atoms with Gasteiger partial charge in [-0.3, -0.25) is 4.79 Å². The lowest BCUT2D eigenvalue weighted by Gasteiger charge is -2.33. The Bertz CT molecular complexity index is 924. The van der Waals surface area contributed by atoms with Gasteiger partial charge >= 0.3 is 0 Å². The number of morpholine rings is 1. The molecule has 1 aromatic heterocycles. The molecule has 1 N–H and O–H groups in total. The van der Waals surface area contributed by atoms with Crippen molar-refractivity contribution in [2.24, 2.45) is 0 Å². The Balaban J connectivity index is 1.65. The monoisotopic (exact) mass is 397 g/mol. The van der Waals surface area contributed by atoms with Crippen LogP contribution in [0.4, 0.5) is 4.39 Å². The van der Waals surface area contributed by atoms with Crippen molar-refractivity contribution in [2.75, 3.05) is 26.2 Å². The summed E-state index contributed by atoms with van der Waals surface area (Å²) in [6.45, 7) is 3.26. The first-order valence-electron chi connectivity index (χ1n) is 8.36. The fraction of sp³-hybridized carbons (Fsp3) is 0.412. The summed E-state index contributed by atoms with van der Waals surface area (Å²) in [6.07, 6.45) is -0.594. The Labute approximate surface area is 156 Å². The van der Waals surface area contributed by atoms with Crippen LogP contribution in [0, 0.1) is 19.7 Å². The summed E-state index contributed by atoms with van der Waals surface area (Å²) in [5, 5.41) is 3.61. The van der Waals surface area contributed by atoms with E-state index < -0.39 is 34.4 Å². The smallest absolute Gasteiger partial charge is 0.246 e. The number of rotatable bonds is 5. The molecule has 1 unspecified atom stereocenters. The highest BCUT2D eigenvalue weighted by Crippen LogP contribution is 2.24. The zero-order valence-electron chi connectivity index (χ0n) is 14.9. The third kappa shape index (κ3) is 4.18. The second-order valence-electron chi connectivity index (χ2n) is 6.20. The minimum Gasteiger partial charge on any atom is -0.370 e. The van der Waals surface area contributed by atoms with Crippen molar-refractivity contribution in [2.45, 2.75) is 24.8 Å². The van der Waals surface area contributed by atoms with Gasteiger partial charge in [0.25, 0.3) is 0 Å². The second kappa shape index (κ2) is 7.75. The maximum absolute atomic E-state index is 13.9. The van der Waals surface area contributed by atoms with E-state index in [9.17, 15) is 17.6 Å². The number of halogens is 1. The van der Waals surface area contributed by atoms with Crippen LogP contribution in [0.3, 0.4) is 0 Å². The van der Waals surface area contributed by atoms with Crippen LogP contribution in [0.2, 0.25) is 0 Å². The molecule has 2 heterocycles. The summed E-state index contributed by atoms with van der Waals surface area (Å²) >= 11 is 0. The molecule has 0 bridgehead atoms. The van der Waals surface area contributed by atoms with E-state index in [-0.39, 0.29) is 29.5 Å². The molecule has 0 spiro atoms. The molecule has 1 atom stereocenters. The SMILES string of the molecule is Cc1noc(C)c1S(=O)(=O)NCC(=O)N1CCOC(c2ccccc2F)C1. The molecular formula is C17H20FN3O5S. The van der Waals surface area contributed by atoms with Crippen molar-refractivity contribution in [3.8, 4) is 0 Å². The highest BCUT2D eigenvalue weighted by molar-refractivity contribution is 7.89. The molecule has 146 valence electrons. The number of nitrogens with one attached hydrogen (secondary N) is 1. The Morgan fingerprint density at radius 1 is 1.37 bits per heavy atom. The average Bonchev–Trinajstić information content (AvgIpc) is 2.99. The number of carbonyl (C=O) groups excluding carboxylic acids is 1. The number of hydrogen-bond acceptors (Lipinski definition) is 6. The molecule has 8 nitrogen and oxygen atoms in total. The van der Waals surface area contributed by atoms with Crippen molar-refractivity contribution in [1.82, 2.24) is 14.8 Å². The topological polar surface area (TPSA) is 102 Å². The Morgan fingerprint density at radius 2 is 2.11 bits per heavy atom. The van der Waals surface area contributed by atoms with Crippen LogP contribution in [0.15, 0.2) is 33.7 Å².